The van der Waals surface area contributed by atoms with Crippen LogP contribution in [0.4, 0.5) is 4.79 Å². The van der Waals surface area contributed by atoms with E-state index >= 15 is 0 Å². The fourth-order valence-electron chi connectivity index (χ4n) is 2.39. The molecule has 1 aliphatic heterocycles. The van der Waals surface area contributed by atoms with Gasteiger partial charge in [0.05, 0.1) is 0 Å². The van der Waals surface area contributed by atoms with E-state index in [0.717, 1.165) is 38.8 Å². The normalized spacial score (nSPS) is 19.8. The van der Waals surface area contributed by atoms with Gasteiger partial charge >= 0.3 is 12.0 Å². The number of carbonyl (C=O) groups excluding carboxylic acids is 1. The highest BCUT2D eigenvalue weighted by Crippen LogP contribution is 2.20. The monoisotopic (exact) mass is 272 g/mol. The lowest BCUT2D eigenvalue weighted by atomic mass is 9.98. The SMILES string of the molecule is O=C(O)CCCNC(=O)N1CCCC(CCO)CC1. The molecule has 1 unspecified atom stereocenters. The van der Waals surface area contributed by atoms with Gasteiger partial charge in [0.15, 0.2) is 0 Å². The van der Waals surface area contributed by atoms with Gasteiger partial charge in [-0.15, -0.1) is 0 Å². The molecule has 0 aromatic heterocycles. The molecule has 1 saturated heterocycles. The van der Waals surface area contributed by atoms with Crippen molar-refractivity contribution in [3.63, 3.8) is 0 Å². The number of aliphatic hydroxyl groups excluding tert-OH is 1. The summed E-state index contributed by atoms with van der Waals surface area (Å²) in [5, 5.41) is 20.2. The Bertz CT molecular complexity index is 296. The number of carboxylic acids is 1. The van der Waals surface area contributed by atoms with Crippen LogP contribution in [0.3, 0.4) is 0 Å². The van der Waals surface area contributed by atoms with Gasteiger partial charge in [0.25, 0.3) is 0 Å². The number of carbonyl (C=O) groups is 2. The van der Waals surface area contributed by atoms with E-state index in [4.69, 9.17) is 10.2 Å². The average molecular weight is 272 g/mol. The second-order valence-electron chi connectivity index (χ2n) is 5.03. The van der Waals surface area contributed by atoms with E-state index in [0.29, 0.717) is 18.9 Å². The van der Waals surface area contributed by atoms with Crippen LogP contribution in [0.2, 0.25) is 0 Å². The first kappa shape index (κ1) is 15.8. The van der Waals surface area contributed by atoms with Gasteiger partial charge in [-0.05, 0) is 38.0 Å². The van der Waals surface area contributed by atoms with Gasteiger partial charge in [-0.25, -0.2) is 4.79 Å². The molecule has 3 N–H and O–H groups in total. The summed E-state index contributed by atoms with van der Waals surface area (Å²) in [7, 11) is 0. The fourth-order valence-corrected chi connectivity index (χ4v) is 2.39. The number of aliphatic hydroxyl groups is 1. The zero-order chi connectivity index (χ0) is 14.1. The average Bonchev–Trinajstić information content (AvgIpc) is 2.60. The number of carboxylic acid groups (broad SMARTS) is 1. The van der Waals surface area contributed by atoms with Crippen LogP contribution in [0.5, 0.6) is 0 Å². The van der Waals surface area contributed by atoms with Crippen molar-refractivity contribution in [1.82, 2.24) is 10.2 Å². The highest BCUT2D eigenvalue weighted by molar-refractivity contribution is 5.74. The van der Waals surface area contributed by atoms with E-state index in [1.807, 2.05) is 0 Å². The standard InChI is InChI=1S/C13H24N2O4/c16-10-6-11-3-2-8-15(9-5-11)13(19)14-7-1-4-12(17)18/h11,16H,1-10H2,(H,14,19)(H,17,18). The van der Waals surface area contributed by atoms with Crippen LogP contribution >= 0.6 is 0 Å². The van der Waals surface area contributed by atoms with E-state index in [-0.39, 0.29) is 19.1 Å². The second kappa shape index (κ2) is 8.74. The molecule has 6 heteroatoms. The molecular formula is C13H24N2O4. The Hall–Kier alpha value is -1.30. The Morgan fingerprint density at radius 1 is 1.26 bits per heavy atom. The number of hydrogen-bond donors (Lipinski definition) is 3. The third-order valence-corrected chi connectivity index (χ3v) is 3.52. The Balaban J connectivity index is 2.23. The molecule has 1 aliphatic rings. The maximum Gasteiger partial charge on any atom is 0.317 e. The van der Waals surface area contributed by atoms with Gasteiger partial charge in [-0.3, -0.25) is 4.79 Å². The van der Waals surface area contributed by atoms with Gasteiger partial charge in [0.2, 0.25) is 0 Å². The number of hydrogen-bond acceptors (Lipinski definition) is 3. The van der Waals surface area contributed by atoms with Crippen molar-refractivity contribution in [2.24, 2.45) is 5.92 Å². The molecule has 0 saturated carbocycles. The van der Waals surface area contributed by atoms with Crippen LogP contribution in [0.25, 0.3) is 0 Å². The minimum absolute atomic E-state index is 0.0822. The zero-order valence-electron chi connectivity index (χ0n) is 11.3. The van der Waals surface area contributed by atoms with Crippen molar-refractivity contribution >= 4 is 12.0 Å². The lowest BCUT2D eigenvalue weighted by molar-refractivity contribution is -0.137. The van der Waals surface area contributed by atoms with Gasteiger partial charge in [0.1, 0.15) is 0 Å². The summed E-state index contributed by atoms with van der Waals surface area (Å²) < 4.78 is 0. The van der Waals surface area contributed by atoms with Crippen molar-refractivity contribution in [2.75, 3.05) is 26.2 Å². The quantitative estimate of drug-likeness (QED) is 0.630. The summed E-state index contributed by atoms with van der Waals surface area (Å²) in [5.41, 5.74) is 0. The lowest BCUT2D eigenvalue weighted by Crippen LogP contribution is -2.41. The summed E-state index contributed by atoms with van der Waals surface area (Å²) >= 11 is 0. The van der Waals surface area contributed by atoms with E-state index < -0.39 is 5.97 Å². The summed E-state index contributed by atoms with van der Waals surface area (Å²) in [4.78, 5) is 24.0. The Morgan fingerprint density at radius 3 is 2.74 bits per heavy atom. The predicted octanol–water partition coefficient (Wildman–Crippen LogP) is 1.05. The zero-order valence-corrected chi connectivity index (χ0v) is 11.3. The molecule has 1 atom stereocenters. The molecule has 0 radical (unpaired) electrons. The summed E-state index contributed by atoms with van der Waals surface area (Å²) in [6.07, 6.45) is 4.31. The summed E-state index contributed by atoms with van der Waals surface area (Å²) in [5.74, 6) is -0.328. The molecule has 0 aromatic carbocycles. The number of nitrogens with one attached hydrogen (secondary N) is 1. The molecule has 110 valence electrons. The number of rotatable bonds is 6. The highest BCUT2D eigenvalue weighted by atomic mass is 16.4. The molecule has 1 heterocycles. The van der Waals surface area contributed by atoms with Crippen LogP contribution in [-0.4, -0.2) is 53.4 Å². The third-order valence-electron chi connectivity index (χ3n) is 3.52. The van der Waals surface area contributed by atoms with Crippen molar-refractivity contribution in [1.29, 1.82) is 0 Å². The molecule has 0 spiro atoms. The first-order valence-corrected chi connectivity index (χ1v) is 6.99. The molecule has 0 aromatic rings. The first-order valence-electron chi connectivity index (χ1n) is 6.99. The second-order valence-corrected chi connectivity index (χ2v) is 5.03. The molecule has 0 bridgehead atoms. The van der Waals surface area contributed by atoms with Crippen molar-refractivity contribution in [2.45, 2.75) is 38.5 Å². The topological polar surface area (TPSA) is 89.9 Å². The van der Waals surface area contributed by atoms with Crippen LogP contribution in [-0.2, 0) is 4.79 Å². The number of aliphatic carboxylic acids is 1. The summed E-state index contributed by atoms with van der Waals surface area (Å²) in [6.45, 7) is 2.08. The van der Waals surface area contributed by atoms with Crippen LogP contribution in [0.1, 0.15) is 38.5 Å². The Morgan fingerprint density at radius 2 is 2.05 bits per heavy atom. The van der Waals surface area contributed by atoms with Crippen LogP contribution in [0, 0.1) is 5.92 Å². The Labute approximate surface area is 113 Å². The maximum atomic E-state index is 11.9. The van der Waals surface area contributed by atoms with Gasteiger partial charge in [-0.2, -0.15) is 0 Å². The molecule has 2 amide bonds. The smallest absolute Gasteiger partial charge is 0.317 e. The molecular weight excluding hydrogens is 248 g/mol. The lowest BCUT2D eigenvalue weighted by Gasteiger charge is -2.21. The highest BCUT2D eigenvalue weighted by Gasteiger charge is 2.19. The number of urea groups is 1. The first-order chi connectivity index (χ1) is 9.13. The Kier molecular flexibility index (Phi) is 7.25. The molecule has 0 aliphatic carbocycles. The van der Waals surface area contributed by atoms with E-state index in [1.165, 1.54) is 0 Å². The molecule has 19 heavy (non-hydrogen) atoms. The van der Waals surface area contributed by atoms with Crippen molar-refractivity contribution in [3.8, 4) is 0 Å². The molecule has 1 fully saturated rings. The third kappa shape index (κ3) is 6.42. The number of amides is 2. The maximum absolute atomic E-state index is 11.9. The minimum Gasteiger partial charge on any atom is -0.481 e. The fraction of sp³-hybridized carbons (Fsp3) is 0.846. The van der Waals surface area contributed by atoms with Crippen molar-refractivity contribution < 1.29 is 19.8 Å². The van der Waals surface area contributed by atoms with Gasteiger partial charge in [0, 0.05) is 32.7 Å². The van der Waals surface area contributed by atoms with Gasteiger partial charge < -0.3 is 20.4 Å². The minimum atomic E-state index is -0.837. The number of nitrogens with zero attached hydrogens (tertiary/aromatic N) is 1. The van der Waals surface area contributed by atoms with Gasteiger partial charge in [-0.1, -0.05) is 0 Å². The van der Waals surface area contributed by atoms with Crippen LogP contribution in [0.15, 0.2) is 0 Å². The van der Waals surface area contributed by atoms with E-state index in [9.17, 15) is 9.59 Å². The molecule has 1 rings (SSSR count). The van der Waals surface area contributed by atoms with Crippen molar-refractivity contribution in [3.05, 3.63) is 0 Å². The summed E-state index contributed by atoms with van der Waals surface area (Å²) in [6, 6.07) is -0.102. The van der Waals surface area contributed by atoms with E-state index in [1.54, 1.807) is 4.90 Å². The van der Waals surface area contributed by atoms with E-state index in [2.05, 4.69) is 5.32 Å². The largest absolute Gasteiger partial charge is 0.481 e. The molecule has 6 nitrogen and oxygen atoms in total. The predicted molar refractivity (Wildman–Crippen MR) is 70.9 cm³/mol. The van der Waals surface area contributed by atoms with Crippen LogP contribution < -0.4 is 5.32 Å². The number of likely N-dealkylation sites (tertiary alicyclic amines) is 1.